The molecule has 1 amide bonds. The summed E-state index contributed by atoms with van der Waals surface area (Å²) in [4.78, 5) is 18.2. The Morgan fingerprint density at radius 3 is 2.71 bits per heavy atom. The smallest absolute Gasteiger partial charge is 0.272 e. The van der Waals surface area contributed by atoms with Crippen molar-refractivity contribution in [1.29, 1.82) is 0 Å². The van der Waals surface area contributed by atoms with Crippen LogP contribution >= 0.6 is 0 Å². The van der Waals surface area contributed by atoms with E-state index < -0.39 is 0 Å². The molecule has 21 heavy (non-hydrogen) atoms. The second-order valence-corrected chi connectivity index (χ2v) is 4.62. The molecule has 0 aliphatic carbocycles. The number of aliphatic hydroxyl groups is 1. The van der Waals surface area contributed by atoms with E-state index in [2.05, 4.69) is 10.3 Å². The van der Waals surface area contributed by atoms with Crippen LogP contribution in [0.5, 0.6) is 0 Å². The maximum Gasteiger partial charge on any atom is 0.272 e. The van der Waals surface area contributed by atoms with Crippen molar-refractivity contribution in [3.8, 4) is 0 Å². The summed E-state index contributed by atoms with van der Waals surface area (Å²) < 4.78 is 0. The Kier molecular flexibility index (Phi) is 5.29. The number of pyridine rings is 1. The lowest BCUT2D eigenvalue weighted by Crippen LogP contribution is -2.33. The number of carbonyl (C=O) groups excluding carboxylic acids is 1. The van der Waals surface area contributed by atoms with Gasteiger partial charge in [-0.2, -0.15) is 0 Å². The molecule has 0 spiro atoms. The van der Waals surface area contributed by atoms with E-state index in [0.29, 0.717) is 12.2 Å². The molecule has 1 heterocycles. The van der Waals surface area contributed by atoms with Crippen LogP contribution in [-0.4, -0.2) is 41.1 Å². The first-order chi connectivity index (χ1) is 10.2. The van der Waals surface area contributed by atoms with Crippen LogP contribution in [0.4, 0.5) is 5.69 Å². The zero-order chi connectivity index (χ0) is 15.1. The third-order valence-electron chi connectivity index (χ3n) is 3.14. The highest BCUT2D eigenvalue weighted by atomic mass is 16.3. The molecule has 2 rings (SSSR count). The second kappa shape index (κ2) is 7.40. The van der Waals surface area contributed by atoms with Crippen molar-refractivity contribution in [2.45, 2.75) is 6.54 Å². The lowest BCUT2D eigenvalue weighted by molar-refractivity contribution is 0.0702. The molecule has 0 bridgehead atoms. The predicted molar refractivity (Wildman–Crippen MR) is 82.1 cm³/mol. The molecular formula is C16H19N3O2. The average Bonchev–Trinajstić information content (AvgIpc) is 2.55. The van der Waals surface area contributed by atoms with E-state index in [-0.39, 0.29) is 19.1 Å². The fraction of sp³-hybridized carbons (Fsp3) is 0.250. The minimum Gasteiger partial charge on any atom is -0.395 e. The van der Waals surface area contributed by atoms with Gasteiger partial charge in [0.1, 0.15) is 5.69 Å². The Morgan fingerprint density at radius 2 is 2.05 bits per heavy atom. The molecule has 0 radical (unpaired) electrons. The molecule has 1 aromatic heterocycles. The summed E-state index contributed by atoms with van der Waals surface area (Å²) in [5.41, 5.74) is 2.22. The molecule has 0 atom stereocenters. The van der Waals surface area contributed by atoms with Crippen LogP contribution < -0.4 is 5.32 Å². The first-order valence-corrected chi connectivity index (χ1v) is 6.82. The molecule has 0 unspecified atom stereocenters. The van der Waals surface area contributed by atoms with Gasteiger partial charge >= 0.3 is 0 Å². The molecule has 1 aromatic carbocycles. The number of benzene rings is 1. The fourth-order valence-electron chi connectivity index (χ4n) is 2.04. The lowest BCUT2D eigenvalue weighted by Gasteiger charge is -2.21. The Balaban J connectivity index is 2.18. The van der Waals surface area contributed by atoms with E-state index >= 15 is 0 Å². The van der Waals surface area contributed by atoms with E-state index in [0.717, 1.165) is 11.3 Å². The highest BCUT2D eigenvalue weighted by Gasteiger charge is 2.17. The van der Waals surface area contributed by atoms with E-state index in [9.17, 15) is 9.90 Å². The zero-order valence-electron chi connectivity index (χ0n) is 12.0. The maximum absolute atomic E-state index is 12.5. The standard InChI is InChI=1S/C16H19N3O2/c1-17-14-7-8-18-15(11-14)16(21)19(9-10-20)12-13-5-3-2-4-6-13/h2-8,11,20H,9-10,12H2,1H3,(H,17,18). The summed E-state index contributed by atoms with van der Waals surface area (Å²) in [5, 5.41) is 12.2. The molecule has 2 aromatic rings. The Bertz CT molecular complexity index is 587. The van der Waals surface area contributed by atoms with Gasteiger partial charge in [-0.3, -0.25) is 9.78 Å². The molecule has 0 aliphatic rings. The molecule has 0 saturated carbocycles. The van der Waals surface area contributed by atoms with Crippen LogP contribution in [0.3, 0.4) is 0 Å². The topological polar surface area (TPSA) is 65.5 Å². The van der Waals surface area contributed by atoms with Crippen LogP contribution in [-0.2, 0) is 6.54 Å². The number of rotatable bonds is 6. The number of aliphatic hydroxyl groups excluding tert-OH is 1. The minimum absolute atomic E-state index is 0.0791. The zero-order valence-corrected chi connectivity index (χ0v) is 12.0. The van der Waals surface area contributed by atoms with Gasteiger partial charge in [-0.05, 0) is 17.7 Å². The van der Waals surface area contributed by atoms with Gasteiger partial charge in [0.05, 0.1) is 6.61 Å². The van der Waals surface area contributed by atoms with Crippen molar-refractivity contribution in [2.24, 2.45) is 0 Å². The van der Waals surface area contributed by atoms with Crippen LogP contribution in [0.1, 0.15) is 16.1 Å². The minimum atomic E-state index is -0.190. The van der Waals surface area contributed by atoms with Crippen molar-refractivity contribution >= 4 is 11.6 Å². The van der Waals surface area contributed by atoms with Gasteiger partial charge in [0.2, 0.25) is 0 Å². The van der Waals surface area contributed by atoms with E-state index in [1.807, 2.05) is 30.3 Å². The summed E-state index contributed by atoms with van der Waals surface area (Å²) in [5.74, 6) is -0.190. The molecule has 5 heteroatoms. The maximum atomic E-state index is 12.5. The largest absolute Gasteiger partial charge is 0.395 e. The molecule has 0 fully saturated rings. The van der Waals surface area contributed by atoms with Crippen LogP contribution in [0.2, 0.25) is 0 Å². The number of amides is 1. The third kappa shape index (κ3) is 4.03. The molecule has 5 nitrogen and oxygen atoms in total. The number of carbonyl (C=O) groups is 1. The van der Waals surface area contributed by atoms with E-state index in [4.69, 9.17) is 0 Å². The van der Waals surface area contributed by atoms with E-state index in [1.165, 1.54) is 0 Å². The summed E-state index contributed by atoms with van der Waals surface area (Å²) in [6.45, 7) is 0.648. The highest BCUT2D eigenvalue weighted by Crippen LogP contribution is 2.12. The SMILES string of the molecule is CNc1ccnc(C(=O)N(CCO)Cc2ccccc2)c1. The van der Waals surface area contributed by atoms with Gasteiger partial charge < -0.3 is 15.3 Å². The fourth-order valence-corrected chi connectivity index (χ4v) is 2.04. The average molecular weight is 285 g/mol. The predicted octanol–water partition coefficient (Wildman–Crippen LogP) is 1.76. The van der Waals surface area contributed by atoms with Gasteiger partial charge in [0, 0.05) is 32.0 Å². The number of anilines is 1. The first kappa shape index (κ1) is 15.0. The highest BCUT2D eigenvalue weighted by molar-refractivity contribution is 5.93. The number of nitrogens with one attached hydrogen (secondary N) is 1. The van der Waals surface area contributed by atoms with Gasteiger partial charge in [-0.25, -0.2) is 0 Å². The molecular weight excluding hydrogens is 266 g/mol. The van der Waals surface area contributed by atoms with E-state index in [1.54, 1.807) is 30.3 Å². The first-order valence-electron chi connectivity index (χ1n) is 6.82. The Morgan fingerprint density at radius 1 is 1.29 bits per heavy atom. The second-order valence-electron chi connectivity index (χ2n) is 4.62. The van der Waals surface area contributed by atoms with Gasteiger partial charge in [0.25, 0.3) is 5.91 Å². The van der Waals surface area contributed by atoms with Gasteiger partial charge in [-0.1, -0.05) is 30.3 Å². The van der Waals surface area contributed by atoms with Gasteiger partial charge in [0.15, 0.2) is 0 Å². The Labute approximate surface area is 124 Å². The quantitative estimate of drug-likeness (QED) is 0.849. The number of hydrogen-bond acceptors (Lipinski definition) is 4. The number of nitrogens with zero attached hydrogens (tertiary/aromatic N) is 2. The van der Waals surface area contributed by atoms with Crippen molar-refractivity contribution in [2.75, 3.05) is 25.5 Å². The number of aromatic nitrogens is 1. The lowest BCUT2D eigenvalue weighted by atomic mass is 10.2. The Hall–Kier alpha value is -2.40. The van der Waals surface area contributed by atoms with Crippen LogP contribution in [0.15, 0.2) is 48.7 Å². The van der Waals surface area contributed by atoms with Gasteiger partial charge in [-0.15, -0.1) is 0 Å². The third-order valence-corrected chi connectivity index (χ3v) is 3.14. The molecule has 0 aliphatic heterocycles. The van der Waals surface area contributed by atoms with Crippen molar-refractivity contribution in [1.82, 2.24) is 9.88 Å². The summed E-state index contributed by atoms with van der Waals surface area (Å²) in [7, 11) is 1.79. The summed E-state index contributed by atoms with van der Waals surface area (Å²) in [6, 6.07) is 13.2. The summed E-state index contributed by atoms with van der Waals surface area (Å²) >= 11 is 0. The molecule has 0 saturated heterocycles. The van der Waals surface area contributed by atoms with Crippen molar-refractivity contribution < 1.29 is 9.90 Å². The molecule has 110 valence electrons. The number of hydrogen-bond donors (Lipinski definition) is 2. The van der Waals surface area contributed by atoms with Crippen molar-refractivity contribution in [3.05, 3.63) is 59.9 Å². The van der Waals surface area contributed by atoms with Crippen LogP contribution in [0, 0.1) is 0 Å². The monoisotopic (exact) mass is 285 g/mol. The summed E-state index contributed by atoms with van der Waals surface area (Å²) in [6.07, 6.45) is 1.60. The van der Waals surface area contributed by atoms with Crippen molar-refractivity contribution in [3.63, 3.8) is 0 Å². The molecule has 2 N–H and O–H groups in total. The normalized spacial score (nSPS) is 10.2. The van der Waals surface area contributed by atoms with Crippen LogP contribution in [0.25, 0.3) is 0 Å².